The molecule has 1 N–H and O–H groups in total. The van der Waals surface area contributed by atoms with E-state index in [9.17, 15) is 4.79 Å². The number of carbonyl (C=O) groups excluding carboxylic acids is 1. The first-order chi connectivity index (χ1) is 11.3. The summed E-state index contributed by atoms with van der Waals surface area (Å²) in [5.74, 6) is -0.00361. The van der Waals surface area contributed by atoms with Crippen molar-refractivity contribution in [2.24, 2.45) is 0 Å². The molecule has 0 aliphatic carbocycles. The topological polar surface area (TPSA) is 29.1 Å². The Kier molecular flexibility index (Phi) is 3.36. The Hall–Kier alpha value is -2.65. The normalized spacial score (nSPS) is 16.0. The zero-order valence-corrected chi connectivity index (χ0v) is 13.2. The van der Waals surface area contributed by atoms with E-state index in [1.807, 2.05) is 72.1 Å². The molecule has 4 rings (SSSR count). The van der Waals surface area contributed by atoms with Gasteiger partial charge in [0.25, 0.3) is 0 Å². The number of benzene rings is 2. The van der Waals surface area contributed by atoms with E-state index in [0.29, 0.717) is 0 Å². The molecule has 112 valence electrons. The van der Waals surface area contributed by atoms with Crippen LogP contribution in [0.15, 0.2) is 83.6 Å². The van der Waals surface area contributed by atoms with Gasteiger partial charge in [0.15, 0.2) is 0 Å². The number of thiophene rings is 1. The molecule has 2 heterocycles. The molecule has 3 aromatic rings. The Morgan fingerprint density at radius 2 is 1.43 bits per heavy atom. The maximum atomic E-state index is 13.0. The van der Waals surface area contributed by atoms with Gasteiger partial charge in [-0.1, -0.05) is 60.7 Å². The van der Waals surface area contributed by atoms with Gasteiger partial charge >= 0.3 is 0 Å². The van der Waals surface area contributed by atoms with Crippen molar-refractivity contribution in [1.29, 1.82) is 0 Å². The summed E-state index contributed by atoms with van der Waals surface area (Å²) in [6, 6.07) is 21.9. The van der Waals surface area contributed by atoms with E-state index in [4.69, 9.17) is 0 Å². The number of nitrogens with one attached hydrogen (secondary N) is 1. The summed E-state index contributed by atoms with van der Waals surface area (Å²) in [6.07, 6.45) is 2.06. The van der Waals surface area contributed by atoms with E-state index in [1.54, 1.807) is 11.3 Å². The minimum Gasteiger partial charge on any atom is -0.324 e. The van der Waals surface area contributed by atoms with Crippen LogP contribution in [0.25, 0.3) is 5.70 Å². The predicted octanol–water partition coefficient (Wildman–Crippen LogP) is 4.21. The van der Waals surface area contributed by atoms with Crippen LogP contribution >= 0.6 is 11.3 Å². The van der Waals surface area contributed by atoms with Crippen LogP contribution in [-0.4, -0.2) is 5.91 Å². The molecule has 1 aliphatic rings. The van der Waals surface area contributed by atoms with E-state index in [-0.39, 0.29) is 5.91 Å². The van der Waals surface area contributed by atoms with Crippen molar-refractivity contribution < 1.29 is 4.79 Å². The SMILES string of the molecule is O=C1NC(c2ccsc2)=CC1(c1ccccc1)c1ccccc1. The predicted molar refractivity (Wildman–Crippen MR) is 94.1 cm³/mol. The van der Waals surface area contributed by atoms with Crippen LogP contribution in [-0.2, 0) is 10.2 Å². The average Bonchev–Trinajstić information content (AvgIpc) is 3.25. The van der Waals surface area contributed by atoms with Gasteiger partial charge in [0.1, 0.15) is 5.41 Å². The molecule has 1 amide bonds. The molecule has 2 aromatic carbocycles. The van der Waals surface area contributed by atoms with Gasteiger partial charge in [-0.3, -0.25) is 4.79 Å². The van der Waals surface area contributed by atoms with Gasteiger partial charge in [-0.2, -0.15) is 11.3 Å². The summed E-state index contributed by atoms with van der Waals surface area (Å²) in [7, 11) is 0. The fourth-order valence-electron chi connectivity index (χ4n) is 3.11. The molecule has 0 saturated carbocycles. The Labute approximate surface area is 139 Å². The van der Waals surface area contributed by atoms with Crippen molar-refractivity contribution >= 4 is 22.9 Å². The lowest BCUT2D eigenvalue weighted by Crippen LogP contribution is -2.37. The molecule has 0 spiro atoms. The summed E-state index contributed by atoms with van der Waals surface area (Å²) in [5, 5.41) is 7.15. The van der Waals surface area contributed by atoms with Crippen molar-refractivity contribution in [2.45, 2.75) is 5.41 Å². The minimum atomic E-state index is -0.778. The second-order valence-corrected chi connectivity index (χ2v) is 6.34. The summed E-state index contributed by atoms with van der Waals surface area (Å²) < 4.78 is 0. The molecule has 1 aromatic heterocycles. The monoisotopic (exact) mass is 317 g/mol. The van der Waals surface area contributed by atoms with Crippen molar-refractivity contribution in [3.05, 3.63) is 100 Å². The van der Waals surface area contributed by atoms with Gasteiger partial charge in [0.2, 0.25) is 5.91 Å². The molecular weight excluding hydrogens is 302 g/mol. The van der Waals surface area contributed by atoms with Crippen molar-refractivity contribution in [1.82, 2.24) is 5.32 Å². The highest BCUT2D eigenvalue weighted by Gasteiger charge is 2.44. The fourth-order valence-corrected chi connectivity index (χ4v) is 3.77. The highest BCUT2D eigenvalue weighted by atomic mass is 32.1. The van der Waals surface area contributed by atoms with Gasteiger partial charge < -0.3 is 5.32 Å². The first kappa shape index (κ1) is 14.0. The number of hydrogen-bond donors (Lipinski definition) is 1. The molecule has 0 atom stereocenters. The lowest BCUT2D eigenvalue weighted by Gasteiger charge is -2.26. The molecule has 1 aliphatic heterocycles. The van der Waals surface area contributed by atoms with E-state index in [2.05, 4.69) is 16.8 Å². The minimum absolute atomic E-state index is 0.00361. The third-order valence-corrected chi connectivity index (χ3v) is 4.94. The van der Waals surface area contributed by atoms with Gasteiger partial charge in [-0.05, 0) is 28.6 Å². The molecule has 0 unspecified atom stereocenters. The fraction of sp³-hybridized carbons (Fsp3) is 0.0500. The average molecular weight is 317 g/mol. The molecule has 23 heavy (non-hydrogen) atoms. The van der Waals surface area contributed by atoms with Gasteiger partial charge in [-0.15, -0.1) is 0 Å². The molecular formula is C20H15NOS. The highest BCUT2D eigenvalue weighted by Crippen LogP contribution is 2.40. The Morgan fingerprint density at radius 1 is 0.826 bits per heavy atom. The zero-order valence-electron chi connectivity index (χ0n) is 12.4. The summed E-state index contributed by atoms with van der Waals surface area (Å²) in [4.78, 5) is 13.0. The van der Waals surface area contributed by atoms with Crippen LogP contribution in [0.4, 0.5) is 0 Å². The third kappa shape index (κ3) is 2.21. The summed E-state index contributed by atoms with van der Waals surface area (Å²) in [5.41, 5.74) is 3.11. The van der Waals surface area contributed by atoms with E-state index >= 15 is 0 Å². The Balaban J connectivity index is 1.95. The number of hydrogen-bond acceptors (Lipinski definition) is 2. The van der Waals surface area contributed by atoms with Crippen LogP contribution in [0.2, 0.25) is 0 Å². The Bertz CT molecular complexity index is 812. The van der Waals surface area contributed by atoms with E-state index in [1.165, 1.54) is 0 Å². The molecule has 0 bridgehead atoms. The molecule has 0 radical (unpaired) electrons. The first-order valence-electron chi connectivity index (χ1n) is 7.48. The zero-order chi connectivity index (χ0) is 15.7. The largest absolute Gasteiger partial charge is 0.324 e. The second kappa shape index (κ2) is 5.52. The van der Waals surface area contributed by atoms with Crippen LogP contribution < -0.4 is 5.32 Å². The Morgan fingerprint density at radius 3 is 1.96 bits per heavy atom. The third-order valence-electron chi connectivity index (χ3n) is 4.26. The number of carbonyl (C=O) groups is 1. The molecule has 2 nitrogen and oxygen atoms in total. The smallest absolute Gasteiger partial charge is 0.243 e. The summed E-state index contributed by atoms with van der Waals surface area (Å²) in [6.45, 7) is 0. The standard InChI is InChI=1S/C20H15NOS/c22-19-20(16-7-3-1-4-8-16,17-9-5-2-6-10-17)13-18(21-19)15-11-12-23-14-15/h1-14H,(H,21,22). The lowest BCUT2D eigenvalue weighted by molar-refractivity contribution is -0.121. The van der Waals surface area contributed by atoms with Crippen molar-refractivity contribution in [2.75, 3.05) is 0 Å². The molecule has 0 saturated heterocycles. The maximum absolute atomic E-state index is 13.0. The quantitative estimate of drug-likeness (QED) is 0.770. The first-order valence-corrected chi connectivity index (χ1v) is 8.43. The second-order valence-electron chi connectivity index (χ2n) is 5.56. The van der Waals surface area contributed by atoms with Crippen LogP contribution in [0.5, 0.6) is 0 Å². The molecule has 0 fully saturated rings. The van der Waals surface area contributed by atoms with Gasteiger partial charge in [0.05, 0.1) is 0 Å². The number of rotatable bonds is 3. The van der Waals surface area contributed by atoms with Crippen LogP contribution in [0.1, 0.15) is 16.7 Å². The van der Waals surface area contributed by atoms with Crippen LogP contribution in [0.3, 0.4) is 0 Å². The van der Waals surface area contributed by atoms with E-state index in [0.717, 1.165) is 22.4 Å². The maximum Gasteiger partial charge on any atom is 0.243 e. The van der Waals surface area contributed by atoms with Gasteiger partial charge in [0, 0.05) is 16.6 Å². The van der Waals surface area contributed by atoms with Crippen LogP contribution in [0, 0.1) is 0 Å². The van der Waals surface area contributed by atoms with Crippen molar-refractivity contribution in [3.8, 4) is 0 Å². The van der Waals surface area contributed by atoms with E-state index < -0.39 is 5.41 Å². The molecule has 3 heteroatoms. The highest BCUT2D eigenvalue weighted by molar-refractivity contribution is 7.08. The number of amides is 1. The lowest BCUT2D eigenvalue weighted by atomic mass is 9.74. The van der Waals surface area contributed by atoms with Gasteiger partial charge in [-0.25, -0.2) is 0 Å². The summed E-state index contributed by atoms with van der Waals surface area (Å²) >= 11 is 1.63. The van der Waals surface area contributed by atoms with Crippen molar-refractivity contribution in [3.63, 3.8) is 0 Å².